The molecule has 0 aromatic carbocycles. The molecule has 0 bridgehead atoms. The van der Waals surface area contributed by atoms with Gasteiger partial charge in [-0.2, -0.15) is 0 Å². The number of hydrogen-bond acceptors (Lipinski definition) is 3. The molecular formula is C9H19N3O2. The molecule has 0 aliphatic carbocycles. The summed E-state index contributed by atoms with van der Waals surface area (Å²) >= 11 is 0. The highest BCUT2D eigenvalue weighted by Gasteiger charge is 2.12. The van der Waals surface area contributed by atoms with Gasteiger partial charge in [0.15, 0.2) is 0 Å². The zero-order valence-electron chi connectivity index (χ0n) is 8.96. The minimum Gasteiger partial charge on any atom is -0.358 e. The van der Waals surface area contributed by atoms with Gasteiger partial charge in [0.1, 0.15) is 0 Å². The maximum atomic E-state index is 11.2. The maximum absolute atomic E-state index is 11.2. The van der Waals surface area contributed by atoms with Gasteiger partial charge in [0.25, 0.3) is 0 Å². The van der Waals surface area contributed by atoms with Gasteiger partial charge in [0, 0.05) is 19.5 Å². The van der Waals surface area contributed by atoms with Crippen molar-refractivity contribution >= 4 is 11.8 Å². The fraction of sp³-hybridized carbons (Fsp3) is 0.778. The molecule has 0 fully saturated rings. The smallest absolute Gasteiger partial charge is 0.239 e. The van der Waals surface area contributed by atoms with Gasteiger partial charge >= 0.3 is 0 Å². The average molecular weight is 201 g/mol. The van der Waals surface area contributed by atoms with Crippen molar-refractivity contribution in [1.82, 2.24) is 10.6 Å². The molecular weight excluding hydrogens is 182 g/mol. The summed E-state index contributed by atoms with van der Waals surface area (Å²) in [5.74, 6) is -0.132. The molecule has 5 heteroatoms. The number of nitrogens with one attached hydrogen (secondary N) is 2. The summed E-state index contributed by atoms with van der Waals surface area (Å²) < 4.78 is 0. The summed E-state index contributed by atoms with van der Waals surface area (Å²) in [4.78, 5) is 22.0. The molecule has 0 aromatic rings. The molecule has 0 aromatic heterocycles. The first kappa shape index (κ1) is 12.9. The van der Waals surface area contributed by atoms with Crippen LogP contribution in [-0.2, 0) is 9.59 Å². The van der Waals surface area contributed by atoms with E-state index in [9.17, 15) is 9.59 Å². The molecule has 0 rings (SSSR count). The summed E-state index contributed by atoms with van der Waals surface area (Å²) in [6.07, 6.45) is 0.259. The summed E-state index contributed by atoms with van der Waals surface area (Å²) in [5, 5.41) is 4.90. The standard InChI is InChI=1S/C9H19N3O2/c1-6(2)7(10)4-8(13)12-5-9(14)11-3/h6-7H,4-5,10H2,1-3H3,(H,11,14)(H,12,13). The zero-order chi connectivity index (χ0) is 11.1. The van der Waals surface area contributed by atoms with E-state index in [0.29, 0.717) is 0 Å². The second kappa shape index (κ2) is 6.37. The fourth-order valence-electron chi connectivity index (χ4n) is 0.789. The van der Waals surface area contributed by atoms with Gasteiger partial charge in [0.2, 0.25) is 11.8 Å². The summed E-state index contributed by atoms with van der Waals surface area (Å²) in [5.41, 5.74) is 5.69. The molecule has 0 radical (unpaired) electrons. The second-order valence-corrected chi connectivity index (χ2v) is 3.56. The maximum Gasteiger partial charge on any atom is 0.239 e. The Morgan fingerprint density at radius 2 is 1.86 bits per heavy atom. The molecule has 0 aliphatic heterocycles. The minimum absolute atomic E-state index is 0.0140. The van der Waals surface area contributed by atoms with Crippen LogP contribution in [-0.4, -0.2) is 31.4 Å². The Morgan fingerprint density at radius 1 is 1.29 bits per heavy atom. The highest BCUT2D eigenvalue weighted by molar-refractivity contribution is 5.84. The number of nitrogens with two attached hydrogens (primary N) is 1. The molecule has 0 spiro atoms. The van der Waals surface area contributed by atoms with Crippen molar-refractivity contribution in [1.29, 1.82) is 0 Å². The molecule has 1 unspecified atom stereocenters. The Kier molecular flexibility index (Phi) is 5.87. The van der Waals surface area contributed by atoms with Crippen molar-refractivity contribution in [3.63, 3.8) is 0 Å². The molecule has 0 heterocycles. The van der Waals surface area contributed by atoms with Crippen LogP contribution in [0.3, 0.4) is 0 Å². The topological polar surface area (TPSA) is 84.2 Å². The van der Waals surface area contributed by atoms with Crippen molar-refractivity contribution in [3.8, 4) is 0 Å². The Bertz CT molecular complexity index is 204. The number of carbonyl (C=O) groups excluding carboxylic acids is 2. The van der Waals surface area contributed by atoms with Gasteiger partial charge in [-0.05, 0) is 5.92 Å². The van der Waals surface area contributed by atoms with Crippen LogP contribution in [0.1, 0.15) is 20.3 Å². The van der Waals surface area contributed by atoms with E-state index in [2.05, 4.69) is 10.6 Å². The first-order valence-electron chi connectivity index (χ1n) is 4.70. The van der Waals surface area contributed by atoms with Gasteiger partial charge in [-0.25, -0.2) is 0 Å². The van der Waals surface area contributed by atoms with Crippen LogP contribution in [0, 0.1) is 5.92 Å². The Morgan fingerprint density at radius 3 is 2.29 bits per heavy atom. The normalized spacial score (nSPS) is 12.4. The lowest BCUT2D eigenvalue weighted by Crippen LogP contribution is -2.39. The molecule has 0 aliphatic rings. The van der Waals surface area contributed by atoms with Crippen LogP contribution in [0.4, 0.5) is 0 Å². The Labute approximate surface area is 84.4 Å². The number of likely N-dealkylation sites (N-methyl/N-ethyl adjacent to an activating group) is 1. The highest BCUT2D eigenvalue weighted by atomic mass is 16.2. The van der Waals surface area contributed by atoms with Crippen LogP contribution in [0.5, 0.6) is 0 Å². The molecule has 4 N–H and O–H groups in total. The van der Waals surface area contributed by atoms with Crippen LogP contribution in [0.15, 0.2) is 0 Å². The van der Waals surface area contributed by atoms with Gasteiger partial charge in [0.05, 0.1) is 6.54 Å². The van der Waals surface area contributed by atoms with E-state index in [1.807, 2.05) is 13.8 Å². The van der Waals surface area contributed by atoms with Gasteiger partial charge in [-0.1, -0.05) is 13.8 Å². The first-order valence-corrected chi connectivity index (χ1v) is 4.70. The Hall–Kier alpha value is -1.10. The zero-order valence-corrected chi connectivity index (χ0v) is 8.96. The molecule has 0 saturated heterocycles. The number of carbonyl (C=O) groups is 2. The lowest BCUT2D eigenvalue weighted by Gasteiger charge is -2.14. The number of rotatable bonds is 5. The van der Waals surface area contributed by atoms with Gasteiger partial charge in [-0.15, -0.1) is 0 Å². The first-order chi connectivity index (χ1) is 6.47. The third-order valence-electron chi connectivity index (χ3n) is 2.00. The van der Waals surface area contributed by atoms with Crippen molar-refractivity contribution in [3.05, 3.63) is 0 Å². The van der Waals surface area contributed by atoms with Gasteiger partial charge < -0.3 is 16.4 Å². The monoisotopic (exact) mass is 201 g/mol. The fourth-order valence-corrected chi connectivity index (χ4v) is 0.789. The predicted octanol–water partition coefficient (Wildman–Crippen LogP) is -0.778. The quantitative estimate of drug-likeness (QED) is 0.545. The molecule has 5 nitrogen and oxygen atoms in total. The lowest BCUT2D eigenvalue weighted by atomic mass is 10.0. The molecule has 0 saturated carbocycles. The van der Waals surface area contributed by atoms with E-state index >= 15 is 0 Å². The third-order valence-corrected chi connectivity index (χ3v) is 2.00. The van der Waals surface area contributed by atoms with E-state index < -0.39 is 0 Å². The summed E-state index contributed by atoms with van der Waals surface area (Å²) in [6, 6.07) is -0.153. The minimum atomic E-state index is -0.212. The molecule has 1 atom stereocenters. The van der Waals surface area contributed by atoms with E-state index in [4.69, 9.17) is 5.73 Å². The number of hydrogen-bond donors (Lipinski definition) is 3. The van der Waals surface area contributed by atoms with Crippen molar-refractivity contribution < 1.29 is 9.59 Å². The van der Waals surface area contributed by atoms with Crippen LogP contribution in [0.25, 0.3) is 0 Å². The second-order valence-electron chi connectivity index (χ2n) is 3.56. The van der Waals surface area contributed by atoms with Crippen LogP contribution < -0.4 is 16.4 Å². The molecule has 82 valence electrons. The van der Waals surface area contributed by atoms with E-state index in [1.165, 1.54) is 7.05 Å². The van der Waals surface area contributed by atoms with E-state index in [1.54, 1.807) is 0 Å². The van der Waals surface area contributed by atoms with E-state index in [-0.39, 0.29) is 36.7 Å². The SMILES string of the molecule is CNC(=O)CNC(=O)CC(N)C(C)C. The molecule has 2 amide bonds. The number of amides is 2. The van der Waals surface area contributed by atoms with Crippen LogP contribution >= 0.6 is 0 Å². The molecule has 14 heavy (non-hydrogen) atoms. The van der Waals surface area contributed by atoms with E-state index in [0.717, 1.165) is 0 Å². The van der Waals surface area contributed by atoms with Gasteiger partial charge in [-0.3, -0.25) is 9.59 Å². The Balaban J connectivity index is 3.71. The largest absolute Gasteiger partial charge is 0.358 e. The highest BCUT2D eigenvalue weighted by Crippen LogP contribution is 2.01. The lowest BCUT2D eigenvalue weighted by molar-refractivity contribution is -0.126. The predicted molar refractivity (Wildman–Crippen MR) is 54.5 cm³/mol. The van der Waals surface area contributed by atoms with Crippen molar-refractivity contribution in [2.75, 3.05) is 13.6 Å². The summed E-state index contributed by atoms with van der Waals surface area (Å²) in [6.45, 7) is 3.92. The summed E-state index contributed by atoms with van der Waals surface area (Å²) in [7, 11) is 1.52. The average Bonchev–Trinajstić information content (AvgIpc) is 2.13. The van der Waals surface area contributed by atoms with Crippen molar-refractivity contribution in [2.45, 2.75) is 26.3 Å². The van der Waals surface area contributed by atoms with Crippen molar-refractivity contribution in [2.24, 2.45) is 11.7 Å². The third kappa shape index (κ3) is 5.53. The van der Waals surface area contributed by atoms with Crippen LogP contribution in [0.2, 0.25) is 0 Å².